The van der Waals surface area contributed by atoms with E-state index < -0.39 is 34.5 Å². The Bertz CT molecular complexity index is 1070. The molecule has 0 radical (unpaired) electrons. The minimum atomic E-state index is -4.04. The number of esters is 1. The van der Waals surface area contributed by atoms with E-state index in [1.807, 2.05) is 30.3 Å². The molecular formula is C17H16N2O6S2. The molecule has 0 aliphatic carbocycles. The number of carbonyl (C=O) groups excluding carboxylic acids is 2. The number of primary sulfonamides is 1. The molecule has 10 heteroatoms. The number of carbonyl (C=O) groups is 2. The van der Waals surface area contributed by atoms with E-state index in [4.69, 9.17) is 14.3 Å². The number of ether oxygens (including phenoxy) is 1. The molecule has 1 amide bonds. The molecule has 0 bridgehead atoms. The molecule has 0 saturated heterocycles. The summed E-state index contributed by atoms with van der Waals surface area (Å²) in [6, 6.07) is 10.0. The molecule has 1 aromatic carbocycles. The highest BCUT2D eigenvalue weighted by atomic mass is 32.2. The maximum absolute atomic E-state index is 12.0. The molecule has 3 aromatic rings. The molecule has 1 unspecified atom stereocenters. The smallest absolute Gasteiger partial charge is 0.350 e. The fourth-order valence-electron chi connectivity index (χ4n) is 2.44. The van der Waals surface area contributed by atoms with Crippen molar-refractivity contribution >= 4 is 44.2 Å². The zero-order valence-electron chi connectivity index (χ0n) is 14.2. The number of sulfonamides is 1. The quantitative estimate of drug-likeness (QED) is 0.602. The third-order valence-electron chi connectivity index (χ3n) is 3.70. The monoisotopic (exact) mass is 408 g/mol. The van der Waals surface area contributed by atoms with Gasteiger partial charge in [-0.3, -0.25) is 4.79 Å². The summed E-state index contributed by atoms with van der Waals surface area (Å²) < 4.78 is 33.4. The molecular weight excluding hydrogens is 392 g/mol. The van der Waals surface area contributed by atoms with Crippen molar-refractivity contribution in [3.05, 3.63) is 52.4 Å². The fraction of sp³-hybridized carbons (Fsp3) is 0.176. The largest absolute Gasteiger partial charge is 0.459 e. The van der Waals surface area contributed by atoms with Gasteiger partial charge in [0.2, 0.25) is 10.0 Å². The summed E-state index contributed by atoms with van der Waals surface area (Å²) in [5.74, 6) is -0.920. The fourth-order valence-corrected chi connectivity index (χ4v) is 4.30. The van der Waals surface area contributed by atoms with Gasteiger partial charge in [-0.2, -0.15) is 0 Å². The standard InChI is InChI=1S/C17H16N2O6S2/c1-10(13-8-11-4-2-3-5-12(11)25-13)19-15(20)9-24-17(21)16-14(6-7-26-16)27(18,22)23/h2-8,10H,9H2,1H3,(H,19,20)(H2,18,22,23). The number of para-hydroxylation sites is 1. The van der Waals surface area contributed by atoms with Gasteiger partial charge < -0.3 is 14.5 Å². The highest BCUT2D eigenvalue weighted by Gasteiger charge is 2.23. The second-order valence-electron chi connectivity index (χ2n) is 5.71. The van der Waals surface area contributed by atoms with E-state index in [9.17, 15) is 18.0 Å². The van der Waals surface area contributed by atoms with Crippen molar-refractivity contribution in [1.29, 1.82) is 0 Å². The van der Waals surface area contributed by atoms with Crippen LogP contribution in [0.2, 0.25) is 0 Å². The van der Waals surface area contributed by atoms with Gasteiger partial charge in [0.05, 0.1) is 6.04 Å². The van der Waals surface area contributed by atoms with Crippen LogP contribution in [0.5, 0.6) is 0 Å². The van der Waals surface area contributed by atoms with Crippen LogP contribution >= 0.6 is 11.3 Å². The van der Waals surface area contributed by atoms with Gasteiger partial charge in [0.25, 0.3) is 5.91 Å². The lowest BCUT2D eigenvalue weighted by atomic mass is 10.2. The number of hydrogen-bond acceptors (Lipinski definition) is 7. The van der Waals surface area contributed by atoms with E-state index in [1.54, 1.807) is 6.92 Å². The first-order valence-corrected chi connectivity index (χ1v) is 10.2. The Hall–Kier alpha value is -2.69. The Balaban J connectivity index is 1.59. The summed E-state index contributed by atoms with van der Waals surface area (Å²) in [6.45, 7) is 1.17. The SMILES string of the molecule is CC(NC(=O)COC(=O)c1sccc1S(N)(=O)=O)c1cc2ccccc2o1. The topological polar surface area (TPSA) is 129 Å². The second kappa shape index (κ2) is 7.51. The molecule has 27 heavy (non-hydrogen) atoms. The first-order valence-electron chi connectivity index (χ1n) is 7.81. The van der Waals surface area contributed by atoms with Crippen molar-refractivity contribution in [3.8, 4) is 0 Å². The number of furan rings is 1. The lowest BCUT2D eigenvalue weighted by Crippen LogP contribution is -2.31. The summed E-state index contributed by atoms with van der Waals surface area (Å²) in [7, 11) is -4.04. The van der Waals surface area contributed by atoms with E-state index in [0.29, 0.717) is 11.3 Å². The molecule has 2 heterocycles. The Morgan fingerprint density at radius 3 is 2.74 bits per heavy atom. The average Bonchev–Trinajstić information content (AvgIpc) is 3.25. The molecule has 2 aromatic heterocycles. The minimum Gasteiger partial charge on any atom is -0.459 e. The number of thiophene rings is 1. The van der Waals surface area contributed by atoms with E-state index in [2.05, 4.69) is 5.32 Å². The number of nitrogens with one attached hydrogen (secondary N) is 1. The van der Waals surface area contributed by atoms with Crippen molar-refractivity contribution in [1.82, 2.24) is 5.32 Å². The van der Waals surface area contributed by atoms with Gasteiger partial charge >= 0.3 is 5.97 Å². The number of rotatable bonds is 6. The van der Waals surface area contributed by atoms with Crippen molar-refractivity contribution in [2.75, 3.05) is 6.61 Å². The summed E-state index contributed by atoms with van der Waals surface area (Å²) in [5.41, 5.74) is 0.702. The zero-order chi connectivity index (χ0) is 19.6. The molecule has 0 aliphatic heterocycles. The molecule has 1 atom stereocenters. The normalized spacial score (nSPS) is 12.7. The van der Waals surface area contributed by atoms with Crippen LogP contribution in [0.4, 0.5) is 0 Å². The number of fused-ring (bicyclic) bond motifs is 1. The maximum Gasteiger partial charge on any atom is 0.350 e. The van der Waals surface area contributed by atoms with Gasteiger partial charge in [-0.25, -0.2) is 18.4 Å². The van der Waals surface area contributed by atoms with Crippen LogP contribution in [0.15, 0.2) is 51.1 Å². The van der Waals surface area contributed by atoms with Crippen LogP contribution in [0.25, 0.3) is 11.0 Å². The van der Waals surface area contributed by atoms with Crippen molar-refractivity contribution in [3.63, 3.8) is 0 Å². The molecule has 0 spiro atoms. The second-order valence-corrected chi connectivity index (χ2v) is 8.16. The predicted octanol–water partition coefficient (Wildman–Crippen LogP) is 2.18. The Kier molecular flexibility index (Phi) is 5.31. The maximum atomic E-state index is 12.0. The summed E-state index contributed by atoms with van der Waals surface area (Å²) in [4.78, 5) is 23.6. The molecule has 3 rings (SSSR count). The van der Waals surface area contributed by atoms with Crippen molar-refractivity contribution in [2.24, 2.45) is 5.14 Å². The number of amides is 1. The lowest BCUT2D eigenvalue weighted by molar-refractivity contribution is -0.125. The van der Waals surface area contributed by atoms with Crippen molar-refractivity contribution < 1.29 is 27.2 Å². The Morgan fingerprint density at radius 2 is 2.04 bits per heavy atom. The summed E-state index contributed by atoms with van der Waals surface area (Å²) in [6.07, 6.45) is 0. The van der Waals surface area contributed by atoms with Gasteiger partial charge in [0.15, 0.2) is 6.61 Å². The molecule has 142 valence electrons. The highest BCUT2D eigenvalue weighted by Crippen LogP contribution is 2.24. The third-order valence-corrected chi connectivity index (χ3v) is 5.68. The van der Waals surface area contributed by atoms with Gasteiger partial charge in [-0.15, -0.1) is 11.3 Å². The average molecular weight is 408 g/mol. The first kappa shape index (κ1) is 19.1. The van der Waals surface area contributed by atoms with Crippen molar-refractivity contribution in [2.45, 2.75) is 17.9 Å². The molecule has 0 fully saturated rings. The molecule has 3 N–H and O–H groups in total. The van der Waals surface area contributed by atoms with Gasteiger partial charge in [0.1, 0.15) is 21.1 Å². The Morgan fingerprint density at radius 1 is 1.30 bits per heavy atom. The van der Waals surface area contributed by atoms with E-state index in [1.165, 1.54) is 11.4 Å². The highest BCUT2D eigenvalue weighted by molar-refractivity contribution is 7.89. The van der Waals surface area contributed by atoms with Crippen LogP contribution in [0.3, 0.4) is 0 Å². The van der Waals surface area contributed by atoms with Gasteiger partial charge in [0, 0.05) is 5.39 Å². The van der Waals surface area contributed by atoms with Crippen LogP contribution in [0, 0.1) is 0 Å². The number of nitrogens with two attached hydrogens (primary N) is 1. The molecule has 0 saturated carbocycles. The molecule has 0 aliphatic rings. The van der Waals surface area contributed by atoms with Crippen LogP contribution < -0.4 is 10.5 Å². The van der Waals surface area contributed by atoms with Crippen LogP contribution in [0.1, 0.15) is 28.4 Å². The zero-order valence-corrected chi connectivity index (χ0v) is 15.8. The third kappa shape index (κ3) is 4.35. The van der Waals surface area contributed by atoms with Gasteiger partial charge in [-0.1, -0.05) is 18.2 Å². The van der Waals surface area contributed by atoms with Crippen LogP contribution in [-0.2, 0) is 19.6 Å². The predicted molar refractivity (Wildman–Crippen MR) is 98.7 cm³/mol. The minimum absolute atomic E-state index is 0.171. The number of hydrogen-bond donors (Lipinski definition) is 2. The summed E-state index contributed by atoms with van der Waals surface area (Å²) in [5, 5.41) is 10.0. The Labute approximate surface area is 159 Å². The van der Waals surface area contributed by atoms with Crippen LogP contribution in [-0.4, -0.2) is 26.9 Å². The van der Waals surface area contributed by atoms with Gasteiger partial charge in [-0.05, 0) is 30.5 Å². The first-order chi connectivity index (χ1) is 12.8. The molecule has 8 nitrogen and oxygen atoms in total. The van der Waals surface area contributed by atoms with E-state index in [-0.39, 0.29) is 9.77 Å². The lowest BCUT2D eigenvalue weighted by Gasteiger charge is -2.11. The van der Waals surface area contributed by atoms with E-state index >= 15 is 0 Å². The number of benzene rings is 1. The van der Waals surface area contributed by atoms with E-state index in [0.717, 1.165) is 16.7 Å². The summed E-state index contributed by atoms with van der Waals surface area (Å²) >= 11 is 0.869.